The van der Waals surface area contributed by atoms with Gasteiger partial charge in [-0.2, -0.15) is 5.10 Å². The molecule has 0 spiro atoms. The van der Waals surface area contributed by atoms with Crippen molar-refractivity contribution in [3.05, 3.63) is 73.1 Å². The molecular formula is C31H35N11O2. The fourth-order valence-corrected chi connectivity index (χ4v) is 5.03. The average Bonchev–Trinajstić information content (AvgIpc) is 3.42. The number of amides is 1. The van der Waals surface area contributed by atoms with Crippen LogP contribution in [0.25, 0.3) is 16.6 Å². The highest BCUT2D eigenvalue weighted by Gasteiger charge is 2.32. The summed E-state index contributed by atoms with van der Waals surface area (Å²) in [5.41, 5.74) is 4.77. The highest BCUT2D eigenvalue weighted by molar-refractivity contribution is 6.10. The third-order valence-electron chi connectivity index (χ3n) is 7.48. The van der Waals surface area contributed by atoms with Gasteiger partial charge in [0.2, 0.25) is 11.8 Å². The first-order valence-corrected chi connectivity index (χ1v) is 14.3. The van der Waals surface area contributed by atoms with Gasteiger partial charge in [0, 0.05) is 43.5 Å². The van der Waals surface area contributed by atoms with Gasteiger partial charge in [0.15, 0.2) is 5.65 Å². The Morgan fingerprint density at radius 1 is 1.05 bits per heavy atom. The van der Waals surface area contributed by atoms with Crippen LogP contribution in [-0.2, 0) is 4.79 Å². The SMILES string of the molecule is Cc1cc(Nc2ncnc3ccc(NC(=O)/C=C/CN(C)C)c(N4CC(N(C)C)C4)c23)ccc1Oc1cc2ncnn2cn1. The molecule has 226 valence electrons. The minimum absolute atomic E-state index is 0.188. The van der Waals surface area contributed by atoms with Gasteiger partial charge in [-0.25, -0.2) is 24.5 Å². The summed E-state index contributed by atoms with van der Waals surface area (Å²) in [5, 5.41) is 11.5. The first-order valence-electron chi connectivity index (χ1n) is 14.3. The first-order chi connectivity index (χ1) is 21.2. The monoisotopic (exact) mass is 593 g/mol. The Hall–Kier alpha value is -5.14. The van der Waals surface area contributed by atoms with Crippen LogP contribution in [0.4, 0.5) is 22.9 Å². The molecule has 0 atom stereocenters. The number of carbonyl (C=O) groups is 1. The molecular weight excluding hydrogens is 558 g/mol. The number of nitrogens with one attached hydrogen (secondary N) is 2. The molecule has 0 saturated carbocycles. The van der Waals surface area contributed by atoms with Crippen LogP contribution in [0.1, 0.15) is 5.56 Å². The molecule has 1 fully saturated rings. The summed E-state index contributed by atoms with van der Waals surface area (Å²) in [6, 6.07) is 11.8. The molecule has 13 nitrogen and oxygen atoms in total. The highest BCUT2D eigenvalue weighted by Crippen LogP contribution is 2.41. The van der Waals surface area contributed by atoms with E-state index in [4.69, 9.17) is 4.74 Å². The Morgan fingerprint density at radius 3 is 2.66 bits per heavy atom. The van der Waals surface area contributed by atoms with E-state index in [2.05, 4.69) is 59.6 Å². The minimum atomic E-state index is -0.188. The second kappa shape index (κ2) is 12.2. The van der Waals surface area contributed by atoms with Gasteiger partial charge in [0.1, 0.15) is 30.5 Å². The molecule has 1 amide bonds. The molecule has 0 unspecified atom stereocenters. The number of aromatic nitrogens is 6. The van der Waals surface area contributed by atoms with Crippen LogP contribution < -0.4 is 20.3 Å². The number of anilines is 4. The lowest BCUT2D eigenvalue weighted by Crippen LogP contribution is -2.57. The van der Waals surface area contributed by atoms with Gasteiger partial charge in [-0.3, -0.25) is 4.79 Å². The zero-order valence-electron chi connectivity index (χ0n) is 25.4. The van der Waals surface area contributed by atoms with Crippen LogP contribution in [0, 0.1) is 6.92 Å². The van der Waals surface area contributed by atoms with Gasteiger partial charge < -0.3 is 30.1 Å². The van der Waals surface area contributed by atoms with Crippen LogP contribution in [-0.4, -0.2) is 99.1 Å². The number of hydrogen-bond donors (Lipinski definition) is 2. The van der Waals surface area contributed by atoms with Crippen molar-refractivity contribution in [2.75, 3.05) is 63.4 Å². The molecule has 1 saturated heterocycles. The topological polar surface area (TPSA) is 129 Å². The summed E-state index contributed by atoms with van der Waals surface area (Å²) >= 11 is 0. The van der Waals surface area contributed by atoms with Crippen LogP contribution in [0.5, 0.6) is 11.6 Å². The van der Waals surface area contributed by atoms with Gasteiger partial charge in [-0.15, -0.1) is 0 Å². The molecule has 2 aromatic carbocycles. The predicted octanol–water partition coefficient (Wildman–Crippen LogP) is 3.72. The molecule has 6 rings (SSSR count). The van der Waals surface area contributed by atoms with Crippen LogP contribution in [0.15, 0.2) is 67.5 Å². The van der Waals surface area contributed by atoms with Gasteiger partial charge in [0.05, 0.1) is 22.3 Å². The maximum absolute atomic E-state index is 12.9. The summed E-state index contributed by atoms with van der Waals surface area (Å²) in [6.07, 6.45) is 8.00. The number of aryl methyl sites for hydroxylation is 1. The molecule has 0 bridgehead atoms. The zero-order chi connectivity index (χ0) is 30.8. The van der Waals surface area contributed by atoms with E-state index in [1.54, 1.807) is 29.3 Å². The van der Waals surface area contributed by atoms with Gasteiger partial charge in [0.25, 0.3) is 0 Å². The first kappa shape index (κ1) is 29.0. The van der Waals surface area contributed by atoms with Crippen molar-refractivity contribution in [2.24, 2.45) is 0 Å². The number of benzene rings is 2. The van der Waals surface area contributed by atoms with Crippen molar-refractivity contribution in [3.8, 4) is 11.6 Å². The molecule has 0 aliphatic carbocycles. The van der Waals surface area contributed by atoms with Crippen molar-refractivity contribution >= 4 is 45.3 Å². The lowest BCUT2D eigenvalue weighted by molar-refractivity contribution is -0.111. The maximum atomic E-state index is 12.9. The van der Waals surface area contributed by atoms with E-state index < -0.39 is 0 Å². The third-order valence-corrected chi connectivity index (χ3v) is 7.48. The minimum Gasteiger partial charge on any atom is -0.439 e. The normalized spacial score (nSPS) is 13.8. The van der Waals surface area contributed by atoms with Gasteiger partial charge in [-0.05, 0) is 71.0 Å². The number of fused-ring (bicyclic) bond motifs is 2. The Morgan fingerprint density at radius 2 is 1.89 bits per heavy atom. The molecule has 13 heteroatoms. The standard InChI is InChI=1S/C31H35N11O2/c1-20-13-21(8-11-25(20)44-28-14-26-33-18-36-42(26)19-35-28)37-31-29-23(32-17-34-31)9-10-24(38-27(43)7-6-12-39(2)3)30(29)41-15-22(16-41)40(4)5/h6-11,13-14,17-19,22H,12,15-16H2,1-5H3,(H,38,43)(H,32,34,37)/b7-6+. The summed E-state index contributed by atoms with van der Waals surface area (Å²) in [5.74, 6) is 1.55. The lowest BCUT2D eigenvalue weighted by atomic mass is 10.0. The van der Waals surface area contributed by atoms with Gasteiger partial charge in [-0.1, -0.05) is 6.08 Å². The van der Waals surface area contributed by atoms with Crippen molar-refractivity contribution in [1.82, 2.24) is 39.3 Å². The number of ether oxygens (including phenoxy) is 1. The molecule has 0 radical (unpaired) electrons. The third kappa shape index (κ3) is 6.14. The molecule has 44 heavy (non-hydrogen) atoms. The number of hydrogen-bond acceptors (Lipinski definition) is 11. The average molecular weight is 594 g/mol. The summed E-state index contributed by atoms with van der Waals surface area (Å²) in [4.78, 5) is 37.1. The summed E-state index contributed by atoms with van der Waals surface area (Å²) < 4.78 is 7.63. The predicted molar refractivity (Wildman–Crippen MR) is 171 cm³/mol. The largest absolute Gasteiger partial charge is 0.439 e. The maximum Gasteiger partial charge on any atom is 0.248 e. The Bertz CT molecular complexity index is 1840. The van der Waals surface area contributed by atoms with Gasteiger partial charge >= 0.3 is 0 Å². The van der Waals surface area contributed by atoms with E-state index in [9.17, 15) is 4.79 Å². The van der Waals surface area contributed by atoms with Crippen LogP contribution in [0.3, 0.4) is 0 Å². The van der Waals surface area contributed by atoms with Crippen LogP contribution >= 0.6 is 0 Å². The summed E-state index contributed by atoms with van der Waals surface area (Å²) in [6.45, 7) is 4.28. The quantitative estimate of drug-likeness (QED) is 0.230. The fourth-order valence-electron chi connectivity index (χ4n) is 5.03. The van der Waals surface area contributed by atoms with Crippen molar-refractivity contribution in [3.63, 3.8) is 0 Å². The second-order valence-electron chi connectivity index (χ2n) is 11.3. The van der Waals surface area contributed by atoms with E-state index >= 15 is 0 Å². The Labute approximate surface area is 255 Å². The molecule has 5 aromatic rings. The van der Waals surface area contributed by atoms with Crippen molar-refractivity contribution in [1.29, 1.82) is 0 Å². The zero-order valence-corrected chi connectivity index (χ0v) is 25.4. The smallest absolute Gasteiger partial charge is 0.248 e. The molecule has 1 aliphatic heterocycles. The summed E-state index contributed by atoms with van der Waals surface area (Å²) in [7, 11) is 8.08. The lowest BCUT2D eigenvalue weighted by Gasteiger charge is -2.45. The van der Waals surface area contributed by atoms with Crippen molar-refractivity contribution in [2.45, 2.75) is 13.0 Å². The van der Waals surface area contributed by atoms with E-state index in [0.29, 0.717) is 41.4 Å². The fraction of sp³-hybridized carbons (Fsp3) is 0.290. The molecule has 3 aromatic heterocycles. The van der Waals surface area contributed by atoms with Crippen molar-refractivity contribution < 1.29 is 9.53 Å². The van der Waals surface area contributed by atoms with E-state index in [1.165, 1.54) is 6.33 Å². The van der Waals surface area contributed by atoms with Crippen LogP contribution in [0.2, 0.25) is 0 Å². The Balaban J connectivity index is 1.31. The number of nitrogens with zero attached hydrogens (tertiary/aromatic N) is 9. The van der Waals surface area contributed by atoms with E-state index in [0.717, 1.165) is 40.9 Å². The number of carbonyl (C=O) groups excluding carboxylic acids is 1. The number of likely N-dealkylation sites (N-methyl/N-ethyl adjacent to an activating group) is 2. The Kier molecular flexibility index (Phi) is 8.05. The molecule has 2 N–H and O–H groups in total. The second-order valence-corrected chi connectivity index (χ2v) is 11.3. The van der Waals surface area contributed by atoms with E-state index in [1.807, 2.05) is 62.3 Å². The molecule has 4 heterocycles. The molecule has 1 aliphatic rings. The number of rotatable bonds is 10. The van der Waals surface area contributed by atoms with E-state index in [-0.39, 0.29) is 5.91 Å². The highest BCUT2D eigenvalue weighted by atomic mass is 16.5.